The Labute approximate surface area is 67.7 Å². The van der Waals surface area contributed by atoms with Crippen LogP contribution in [0.4, 0.5) is 0 Å². The molecule has 0 bridgehead atoms. The van der Waals surface area contributed by atoms with E-state index in [-0.39, 0.29) is 5.60 Å². The zero-order valence-electron chi connectivity index (χ0n) is 7.90. The summed E-state index contributed by atoms with van der Waals surface area (Å²) in [6.45, 7) is 8.90. The molecule has 0 spiro atoms. The van der Waals surface area contributed by atoms with Gasteiger partial charge in [-0.15, -0.1) is 0 Å². The highest BCUT2D eigenvalue weighted by molar-refractivity contribution is 5.98. The van der Waals surface area contributed by atoms with Crippen molar-refractivity contribution in [1.82, 2.24) is 0 Å². The minimum absolute atomic E-state index is 0.154. The Morgan fingerprint density at radius 1 is 1.50 bits per heavy atom. The Kier molecular flexibility index (Phi) is 4.21. The monoisotopic (exact) mass is 160 g/mol. The van der Waals surface area contributed by atoms with Gasteiger partial charge in [-0.3, -0.25) is 0 Å². The summed E-state index contributed by atoms with van der Waals surface area (Å²) in [7, 11) is 0.859. The number of hydrogen-bond acceptors (Lipinski definition) is 1. The van der Waals surface area contributed by atoms with Crippen molar-refractivity contribution in [3.05, 3.63) is 0 Å². The van der Waals surface area contributed by atoms with Crippen LogP contribution in [0.5, 0.6) is 0 Å². The molecular formula is C8H20OSi. The molecule has 0 aliphatic heterocycles. The number of hydrogen-bond donors (Lipinski definition) is 0. The molecule has 62 valence electrons. The smallest absolute Gasteiger partial charge is 0.146 e. The van der Waals surface area contributed by atoms with Crippen LogP contribution in [0.25, 0.3) is 0 Å². The van der Waals surface area contributed by atoms with E-state index in [0.29, 0.717) is 5.92 Å². The first kappa shape index (κ1) is 10.2. The van der Waals surface area contributed by atoms with Crippen molar-refractivity contribution in [3.63, 3.8) is 0 Å². The van der Waals surface area contributed by atoms with E-state index in [9.17, 15) is 0 Å². The highest BCUT2D eigenvalue weighted by atomic mass is 28.2. The third-order valence-corrected chi connectivity index (χ3v) is 3.76. The Hall–Kier alpha value is 0.177. The molecule has 0 aromatic carbocycles. The van der Waals surface area contributed by atoms with Crippen LogP contribution in [-0.2, 0) is 4.43 Å². The van der Waals surface area contributed by atoms with Crippen molar-refractivity contribution >= 4 is 10.5 Å². The lowest BCUT2D eigenvalue weighted by Gasteiger charge is -2.33. The SMILES string of the molecule is CCC(C)C(C)(CC)O[SiH3]. The largest absolute Gasteiger partial charge is 0.422 e. The molecule has 0 heterocycles. The molecule has 1 nitrogen and oxygen atoms in total. The molecule has 0 aromatic heterocycles. The van der Waals surface area contributed by atoms with Crippen LogP contribution < -0.4 is 0 Å². The molecule has 0 fully saturated rings. The zero-order valence-corrected chi connectivity index (χ0v) is 9.90. The predicted molar refractivity (Wildman–Crippen MR) is 49.2 cm³/mol. The maximum atomic E-state index is 5.58. The zero-order chi connectivity index (χ0) is 8.20. The van der Waals surface area contributed by atoms with Gasteiger partial charge in [0.15, 0.2) is 0 Å². The fourth-order valence-electron chi connectivity index (χ4n) is 1.13. The third kappa shape index (κ3) is 2.10. The van der Waals surface area contributed by atoms with Gasteiger partial charge in [-0.1, -0.05) is 27.2 Å². The van der Waals surface area contributed by atoms with E-state index in [0.717, 1.165) is 16.9 Å². The van der Waals surface area contributed by atoms with Gasteiger partial charge in [0.25, 0.3) is 0 Å². The van der Waals surface area contributed by atoms with Crippen LogP contribution in [0.2, 0.25) is 0 Å². The Morgan fingerprint density at radius 2 is 2.00 bits per heavy atom. The van der Waals surface area contributed by atoms with E-state index in [2.05, 4.69) is 27.7 Å². The summed E-state index contributed by atoms with van der Waals surface area (Å²) in [5, 5.41) is 0. The lowest BCUT2D eigenvalue weighted by Crippen LogP contribution is -2.34. The van der Waals surface area contributed by atoms with Crippen LogP contribution >= 0.6 is 0 Å². The first-order valence-electron chi connectivity index (χ1n) is 4.15. The molecule has 0 aliphatic rings. The first-order valence-corrected chi connectivity index (χ1v) is 4.97. The van der Waals surface area contributed by atoms with E-state index >= 15 is 0 Å². The second-order valence-corrected chi connectivity index (χ2v) is 3.59. The topological polar surface area (TPSA) is 9.23 Å². The van der Waals surface area contributed by atoms with Crippen molar-refractivity contribution in [2.75, 3.05) is 0 Å². The van der Waals surface area contributed by atoms with E-state index in [1.807, 2.05) is 0 Å². The van der Waals surface area contributed by atoms with Gasteiger partial charge in [-0.05, 0) is 19.3 Å². The Morgan fingerprint density at radius 3 is 2.10 bits per heavy atom. The van der Waals surface area contributed by atoms with Gasteiger partial charge in [-0.2, -0.15) is 0 Å². The van der Waals surface area contributed by atoms with Crippen LogP contribution in [0.3, 0.4) is 0 Å². The van der Waals surface area contributed by atoms with Crippen LogP contribution in [0.1, 0.15) is 40.5 Å². The highest BCUT2D eigenvalue weighted by Gasteiger charge is 2.26. The lowest BCUT2D eigenvalue weighted by molar-refractivity contribution is 0.0363. The number of rotatable bonds is 4. The molecule has 2 heteroatoms. The molecular weight excluding hydrogens is 140 g/mol. The molecule has 0 rings (SSSR count). The van der Waals surface area contributed by atoms with Gasteiger partial charge in [0.1, 0.15) is 10.5 Å². The minimum Gasteiger partial charge on any atom is -0.422 e. The van der Waals surface area contributed by atoms with Crippen molar-refractivity contribution in [3.8, 4) is 0 Å². The molecule has 0 N–H and O–H groups in total. The van der Waals surface area contributed by atoms with Crippen molar-refractivity contribution in [1.29, 1.82) is 0 Å². The van der Waals surface area contributed by atoms with Crippen LogP contribution in [0, 0.1) is 5.92 Å². The molecule has 2 unspecified atom stereocenters. The summed E-state index contributed by atoms with van der Waals surface area (Å²) >= 11 is 0. The van der Waals surface area contributed by atoms with Gasteiger partial charge < -0.3 is 4.43 Å². The standard InChI is InChI=1S/C8H20OSi/c1-5-7(3)8(4,6-2)9-10/h7H,5-6H2,1-4,10H3. The first-order chi connectivity index (χ1) is 4.60. The van der Waals surface area contributed by atoms with Gasteiger partial charge >= 0.3 is 0 Å². The lowest BCUT2D eigenvalue weighted by atomic mass is 9.87. The van der Waals surface area contributed by atoms with E-state index in [4.69, 9.17) is 4.43 Å². The molecule has 0 amide bonds. The molecule has 10 heavy (non-hydrogen) atoms. The van der Waals surface area contributed by atoms with Gasteiger partial charge in [0.05, 0.1) is 5.60 Å². The summed E-state index contributed by atoms with van der Waals surface area (Å²) in [5.41, 5.74) is 0.154. The molecule has 0 saturated carbocycles. The second-order valence-electron chi connectivity index (χ2n) is 3.18. The Bertz CT molecular complexity index is 89.3. The highest BCUT2D eigenvalue weighted by Crippen LogP contribution is 2.26. The third-order valence-electron chi connectivity index (χ3n) is 2.82. The summed E-state index contributed by atoms with van der Waals surface area (Å²) in [6, 6.07) is 0. The summed E-state index contributed by atoms with van der Waals surface area (Å²) in [5.74, 6) is 0.690. The second kappa shape index (κ2) is 4.14. The van der Waals surface area contributed by atoms with E-state index in [1.165, 1.54) is 6.42 Å². The van der Waals surface area contributed by atoms with Gasteiger partial charge in [-0.25, -0.2) is 0 Å². The maximum Gasteiger partial charge on any atom is 0.146 e. The fraction of sp³-hybridized carbons (Fsp3) is 1.00. The molecule has 0 radical (unpaired) electrons. The predicted octanol–water partition coefficient (Wildman–Crippen LogP) is 1.50. The van der Waals surface area contributed by atoms with E-state index < -0.39 is 0 Å². The van der Waals surface area contributed by atoms with Gasteiger partial charge in [0.2, 0.25) is 0 Å². The van der Waals surface area contributed by atoms with Crippen molar-refractivity contribution < 1.29 is 4.43 Å². The molecule has 0 aliphatic carbocycles. The molecule has 0 aromatic rings. The minimum atomic E-state index is 0.154. The summed E-state index contributed by atoms with van der Waals surface area (Å²) in [6.07, 6.45) is 2.35. The van der Waals surface area contributed by atoms with E-state index in [1.54, 1.807) is 0 Å². The van der Waals surface area contributed by atoms with Gasteiger partial charge in [0, 0.05) is 0 Å². The normalized spacial score (nSPS) is 20.4. The summed E-state index contributed by atoms with van der Waals surface area (Å²) < 4.78 is 5.58. The quantitative estimate of drug-likeness (QED) is 0.566. The molecule has 2 atom stereocenters. The average Bonchev–Trinajstić information content (AvgIpc) is 2.01. The Balaban J connectivity index is 4.02. The van der Waals surface area contributed by atoms with Crippen LogP contribution in [-0.4, -0.2) is 16.1 Å². The maximum absolute atomic E-state index is 5.58. The fourth-order valence-corrected chi connectivity index (χ4v) is 1.82. The summed E-state index contributed by atoms with van der Waals surface area (Å²) in [4.78, 5) is 0. The van der Waals surface area contributed by atoms with Crippen LogP contribution in [0.15, 0.2) is 0 Å². The van der Waals surface area contributed by atoms with Crippen molar-refractivity contribution in [2.45, 2.75) is 46.1 Å². The molecule has 0 saturated heterocycles. The van der Waals surface area contributed by atoms with Crippen molar-refractivity contribution in [2.24, 2.45) is 5.92 Å². The average molecular weight is 160 g/mol.